The fourth-order valence-electron chi connectivity index (χ4n) is 1.53. The second-order valence-corrected chi connectivity index (χ2v) is 5.56. The molecule has 1 heterocycles. The van der Waals surface area contributed by atoms with Crippen LogP contribution < -0.4 is 25.8 Å². The smallest absolute Gasteiger partial charge is 0.420 e. The molecule has 1 rings (SSSR count). The molecule has 4 N–H and O–H groups in total. The van der Waals surface area contributed by atoms with E-state index in [2.05, 4.69) is 10.3 Å². The first-order valence-electron chi connectivity index (χ1n) is 7.30. The molecule has 0 radical (unpaired) electrons. The minimum absolute atomic E-state index is 0.0762. The van der Waals surface area contributed by atoms with Crippen LogP contribution in [0, 0.1) is 0 Å². The van der Waals surface area contributed by atoms with Gasteiger partial charge in [-0.05, 0) is 20.3 Å². The highest BCUT2D eigenvalue weighted by Gasteiger charge is 2.21. The molecule has 0 atom stereocenters. The summed E-state index contributed by atoms with van der Waals surface area (Å²) in [6.07, 6.45) is 0.956. The van der Waals surface area contributed by atoms with Gasteiger partial charge in [-0.2, -0.15) is 0 Å². The zero-order valence-corrected chi connectivity index (χ0v) is 14.1. The van der Waals surface area contributed by atoms with Crippen molar-refractivity contribution in [1.29, 1.82) is 0 Å². The molecule has 0 aromatic carbocycles. The van der Waals surface area contributed by atoms with Crippen LogP contribution in [0.1, 0.15) is 37.6 Å². The van der Waals surface area contributed by atoms with Gasteiger partial charge in [-0.3, -0.25) is 14.9 Å². The van der Waals surface area contributed by atoms with Crippen molar-refractivity contribution in [2.75, 3.05) is 13.7 Å². The Kier molecular flexibility index (Phi) is 6.66. The Labute approximate surface area is 139 Å². The summed E-state index contributed by atoms with van der Waals surface area (Å²) in [5.74, 6) is -1.13. The maximum Gasteiger partial charge on any atom is 0.420 e. The molecule has 0 saturated heterocycles. The van der Waals surface area contributed by atoms with Crippen molar-refractivity contribution < 1.29 is 23.9 Å². The average Bonchev–Trinajstić information content (AvgIpc) is 2.54. The van der Waals surface area contributed by atoms with E-state index in [0.717, 1.165) is 6.42 Å². The van der Waals surface area contributed by atoms with Gasteiger partial charge in [0.05, 0.1) is 19.2 Å². The van der Waals surface area contributed by atoms with Gasteiger partial charge in [-0.15, -0.1) is 0 Å². The maximum absolute atomic E-state index is 12.2. The number of ether oxygens (including phenoxy) is 2. The lowest BCUT2D eigenvalue weighted by Gasteiger charge is -2.24. The van der Waals surface area contributed by atoms with Crippen LogP contribution in [-0.4, -0.2) is 42.1 Å². The Morgan fingerprint density at radius 2 is 2.00 bits per heavy atom. The number of aromatic nitrogens is 1. The third-order valence-electron chi connectivity index (χ3n) is 3.25. The molecule has 0 fully saturated rings. The Morgan fingerprint density at radius 1 is 1.33 bits per heavy atom. The average molecular weight is 338 g/mol. The minimum Gasteiger partial charge on any atom is -0.491 e. The van der Waals surface area contributed by atoms with Gasteiger partial charge < -0.3 is 20.5 Å². The van der Waals surface area contributed by atoms with E-state index in [9.17, 15) is 14.4 Å². The first-order chi connectivity index (χ1) is 11.2. The predicted molar refractivity (Wildman–Crippen MR) is 85.8 cm³/mol. The van der Waals surface area contributed by atoms with Crippen LogP contribution in [0.3, 0.4) is 0 Å². The zero-order chi connectivity index (χ0) is 18.3. The zero-order valence-electron chi connectivity index (χ0n) is 14.1. The lowest BCUT2D eigenvalue weighted by molar-refractivity contribution is -0.118. The van der Waals surface area contributed by atoms with Crippen LogP contribution in [0.25, 0.3) is 0 Å². The van der Waals surface area contributed by atoms with Gasteiger partial charge in [0.2, 0.25) is 5.91 Å². The van der Waals surface area contributed by atoms with Crippen LogP contribution in [0.15, 0.2) is 12.3 Å². The van der Waals surface area contributed by atoms with E-state index in [-0.39, 0.29) is 35.2 Å². The summed E-state index contributed by atoms with van der Waals surface area (Å²) >= 11 is 0. The van der Waals surface area contributed by atoms with Gasteiger partial charge in [-0.25, -0.2) is 9.78 Å². The molecule has 1 aromatic heterocycles. The van der Waals surface area contributed by atoms with Gasteiger partial charge >= 0.3 is 6.09 Å². The molecule has 0 saturated carbocycles. The number of carbonyl (C=O) groups is 3. The quantitative estimate of drug-likeness (QED) is 0.691. The number of nitrogens with two attached hydrogens (primary N) is 1. The van der Waals surface area contributed by atoms with E-state index in [1.54, 1.807) is 0 Å². The Balaban J connectivity index is 2.90. The van der Waals surface area contributed by atoms with Gasteiger partial charge in [0.25, 0.3) is 11.8 Å². The second kappa shape index (κ2) is 8.25. The highest BCUT2D eigenvalue weighted by atomic mass is 16.6. The number of methoxy groups -OCH3 is 1. The summed E-state index contributed by atoms with van der Waals surface area (Å²) in [5, 5.41) is 4.76. The maximum atomic E-state index is 12.2. The van der Waals surface area contributed by atoms with Crippen molar-refractivity contribution in [2.24, 2.45) is 5.73 Å². The highest BCUT2D eigenvalue weighted by Crippen LogP contribution is 2.25. The summed E-state index contributed by atoms with van der Waals surface area (Å²) in [7, 11) is 1.34. The van der Waals surface area contributed by atoms with Crippen molar-refractivity contribution in [2.45, 2.75) is 32.7 Å². The Hall–Kier alpha value is -2.68. The van der Waals surface area contributed by atoms with Gasteiger partial charge in [0.1, 0.15) is 0 Å². The first-order valence-corrected chi connectivity index (χ1v) is 7.30. The molecule has 132 valence electrons. The number of hydrogen-bond acceptors (Lipinski definition) is 7. The standard InChI is InChI=1S/C15H22N4O5/c1-5-15(2,3)19-12(21)9-6-10(23-4)13(17-8-9)24-14(22)18-11(20)7-16/h6,8H,5,7,16H2,1-4H3,(H,19,21)(H,18,20,22). The summed E-state index contributed by atoms with van der Waals surface area (Å²) in [6.45, 7) is 5.39. The molecule has 3 amide bonds. The van der Waals surface area contributed by atoms with Crippen LogP contribution in [0.2, 0.25) is 0 Å². The van der Waals surface area contributed by atoms with E-state index < -0.39 is 12.0 Å². The number of nitrogens with one attached hydrogen (secondary N) is 2. The molecular weight excluding hydrogens is 316 g/mol. The summed E-state index contributed by atoms with van der Waals surface area (Å²) in [4.78, 5) is 38.6. The fraction of sp³-hybridized carbons (Fsp3) is 0.467. The molecule has 0 bridgehead atoms. The van der Waals surface area contributed by atoms with E-state index in [4.69, 9.17) is 15.2 Å². The predicted octanol–water partition coefficient (Wildman–Crippen LogP) is 0.582. The fourth-order valence-corrected chi connectivity index (χ4v) is 1.53. The van der Waals surface area contributed by atoms with E-state index >= 15 is 0 Å². The van der Waals surface area contributed by atoms with Crippen molar-refractivity contribution in [3.63, 3.8) is 0 Å². The number of pyridine rings is 1. The molecular formula is C15H22N4O5. The van der Waals surface area contributed by atoms with Gasteiger partial charge in [0, 0.05) is 17.8 Å². The molecule has 9 nitrogen and oxygen atoms in total. The lowest BCUT2D eigenvalue weighted by Crippen LogP contribution is -2.42. The summed E-state index contributed by atoms with van der Waals surface area (Å²) in [5.41, 5.74) is 4.96. The number of carbonyl (C=O) groups excluding carboxylic acids is 3. The monoisotopic (exact) mass is 338 g/mol. The summed E-state index contributed by atoms with van der Waals surface area (Å²) in [6, 6.07) is 1.39. The minimum atomic E-state index is -1.04. The molecule has 24 heavy (non-hydrogen) atoms. The first kappa shape index (κ1) is 19.4. The van der Waals surface area contributed by atoms with E-state index in [0.29, 0.717) is 0 Å². The Morgan fingerprint density at radius 3 is 2.54 bits per heavy atom. The van der Waals surface area contributed by atoms with E-state index in [1.807, 2.05) is 26.1 Å². The van der Waals surface area contributed by atoms with Gasteiger partial charge in [0.15, 0.2) is 5.75 Å². The number of amides is 3. The van der Waals surface area contributed by atoms with E-state index in [1.165, 1.54) is 19.4 Å². The third-order valence-corrected chi connectivity index (χ3v) is 3.25. The normalized spacial score (nSPS) is 10.7. The molecule has 0 aliphatic rings. The number of rotatable bonds is 6. The molecule has 0 unspecified atom stereocenters. The van der Waals surface area contributed by atoms with Crippen LogP contribution in [0.4, 0.5) is 4.79 Å². The molecule has 0 aliphatic carbocycles. The van der Waals surface area contributed by atoms with Crippen LogP contribution in [-0.2, 0) is 4.79 Å². The number of hydrogen-bond donors (Lipinski definition) is 3. The van der Waals surface area contributed by atoms with Crippen molar-refractivity contribution in [3.05, 3.63) is 17.8 Å². The highest BCUT2D eigenvalue weighted by molar-refractivity contribution is 5.95. The number of imide groups is 1. The SMILES string of the molecule is CCC(C)(C)NC(=O)c1cnc(OC(=O)NC(=O)CN)c(OC)c1. The van der Waals surface area contributed by atoms with Crippen molar-refractivity contribution in [3.8, 4) is 11.6 Å². The summed E-state index contributed by atoms with van der Waals surface area (Å²) < 4.78 is 9.94. The van der Waals surface area contributed by atoms with Gasteiger partial charge in [-0.1, -0.05) is 6.92 Å². The molecule has 0 aliphatic heterocycles. The molecule has 1 aromatic rings. The molecule has 9 heteroatoms. The lowest BCUT2D eigenvalue weighted by atomic mass is 10.0. The van der Waals surface area contributed by atoms with Crippen molar-refractivity contribution in [1.82, 2.24) is 15.6 Å². The second-order valence-electron chi connectivity index (χ2n) is 5.56. The van der Waals surface area contributed by atoms with Crippen molar-refractivity contribution >= 4 is 17.9 Å². The number of nitrogens with zero attached hydrogens (tertiary/aromatic N) is 1. The molecule has 0 spiro atoms. The Bertz CT molecular complexity index is 630. The van der Waals surface area contributed by atoms with Crippen LogP contribution >= 0.6 is 0 Å². The topological polar surface area (TPSA) is 133 Å². The third kappa shape index (κ3) is 5.51. The largest absolute Gasteiger partial charge is 0.491 e. The van der Waals surface area contributed by atoms with Crippen LogP contribution in [0.5, 0.6) is 11.6 Å².